The van der Waals surface area contributed by atoms with Crippen LogP contribution in [0.5, 0.6) is 0 Å². The van der Waals surface area contributed by atoms with Crippen LogP contribution in [-0.2, 0) is 4.74 Å². The van der Waals surface area contributed by atoms with E-state index in [1.54, 1.807) is 0 Å². The average molecular weight is 268 g/mol. The van der Waals surface area contributed by atoms with Gasteiger partial charge in [0.15, 0.2) is 0 Å². The number of hydrogen-bond acceptors (Lipinski definition) is 5. The van der Waals surface area contributed by atoms with Gasteiger partial charge in [-0.2, -0.15) is 0 Å². The first kappa shape index (κ1) is 13.4. The fraction of sp³-hybridized carbons (Fsp3) is 0.615. The normalized spacial score (nSPS) is 16.9. The molecule has 4 nitrogen and oxygen atoms in total. The van der Waals surface area contributed by atoms with Gasteiger partial charge in [0, 0.05) is 26.2 Å². The molecule has 0 amide bonds. The smallest absolute Gasteiger partial charge is 0.348 e. The topological polar surface area (TPSA) is 32.8 Å². The molecule has 1 fully saturated rings. The van der Waals surface area contributed by atoms with Gasteiger partial charge in [-0.25, -0.2) is 4.79 Å². The lowest BCUT2D eigenvalue weighted by Crippen LogP contribution is -2.45. The van der Waals surface area contributed by atoms with Gasteiger partial charge in [-0.05, 0) is 25.6 Å². The van der Waals surface area contributed by atoms with E-state index < -0.39 is 0 Å². The summed E-state index contributed by atoms with van der Waals surface area (Å²) in [4.78, 5) is 17.1. The van der Waals surface area contributed by atoms with Crippen molar-refractivity contribution in [3.63, 3.8) is 0 Å². The highest BCUT2D eigenvalue weighted by atomic mass is 32.1. The van der Waals surface area contributed by atoms with Gasteiger partial charge in [0.2, 0.25) is 0 Å². The van der Waals surface area contributed by atoms with E-state index in [4.69, 9.17) is 4.74 Å². The lowest BCUT2D eigenvalue weighted by atomic mass is 10.3. The maximum atomic E-state index is 11.6. The lowest BCUT2D eigenvalue weighted by molar-refractivity contribution is 0.0532. The fourth-order valence-electron chi connectivity index (χ4n) is 2.09. The molecule has 0 unspecified atom stereocenters. The Morgan fingerprint density at radius 3 is 2.61 bits per heavy atom. The van der Waals surface area contributed by atoms with Gasteiger partial charge in [0.05, 0.1) is 11.6 Å². The molecule has 1 aliphatic heterocycles. The first-order chi connectivity index (χ1) is 8.74. The zero-order valence-corrected chi connectivity index (χ0v) is 11.8. The van der Waals surface area contributed by atoms with Crippen LogP contribution in [0.15, 0.2) is 12.1 Å². The van der Waals surface area contributed by atoms with Crippen molar-refractivity contribution < 1.29 is 9.53 Å². The number of esters is 1. The van der Waals surface area contributed by atoms with Crippen LogP contribution >= 0.6 is 11.3 Å². The zero-order chi connectivity index (χ0) is 13.0. The molecule has 2 heterocycles. The Kier molecular flexibility index (Phi) is 4.60. The molecule has 100 valence electrons. The Bertz CT molecular complexity index is 397. The number of likely N-dealkylation sites (N-methyl/N-ethyl adjacent to an activating group) is 1. The summed E-state index contributed by atoms with van der Waals surface area (Å²) in [6.07, 6.45) is 0. The molecule has 0 atom stereocenters. The molecule has 1 aliphatic rings. The Labute approximate surface area is 112 Å². The minimum atomic E-state index is -0.207. The monoisotopic (exact) mass is 268 g/mol. The molecule has 0 aromatic carbocycles. The maximum Gasteiger partial charge on any atom is 0.348 e. The third-order valence-corrected chi connectivity index (χ3v) is 4.33. The maximum absolute atomic E-state index is 11.6. The molecule has 0 aliphatic carbocycles. The van der Waals surface area contributed by atoms with E-state index in [0.29, 0.717) is 11.5 Å². The summed E-state index contributed by atoms with van der Waals surface area (Å²) in [6.45, 7) is 9.85. The summed E-state index contributed by atoms with van der Waals surface area (Å²) in [5.41, 5.74) is 0. The number of thiophene rings is 1. The molecule has 0 saturated carbocycles. The van der Waals surface area contributed by atoms with E-state index in [2.05, 4.69) is 16.7 Å². The van der Waals surface area contributed by atoms with Gasteiger partial charge >= 0.3 is 5.97 Å². The third-order valence-electron chi connectivity index (χ3n) is 3.20. The van der Waals surface area contributed by atoms with Crippen molar-refractivity contribution in [1.82, 2.24) is 4.90 Å². The van der Waals surface area contributed by atoms with Crippen molar-refractivity contribution in [2.24, 2.45) is 0 Å². The zero-order valence-electron chi connectivity index (χ0n) is 11.0. The highest BCUT2D eigenvalue weighted by molar-refractivity contribution is 7.17. The van der Waals surface area contributed by atoms with Gasteiger partial charge in [-0.15, -0.1) is 11.3 Å². The standard InChI is InChI=1S/C13H20N2O2S/c1-3-14-7-9-15(10-8-14)12-6-5-11(18-12)13(16)17-4-2/h5-6H,3-4,7-10H2,1-2H3. The molecule has 0 radical (unpaired) electrons. The van der Waals surface area contributed by atoms with Gasteiger partial charge in [0.25, 0.3) is 0 Å². The fourth-order valence-corrected chi connectivity index (χ4v) is 3.05. The average Bonchev–Trinajstić information content (AvgIpc) is 2.89. The molecule has 1 saturated heterocycles. The summed E-state index contributed by atoms with van der Waals surface area (Å²) < 4.78 is 5.01. The number of carbonyl (C=O) groups excluding carboxylic acids is 1. The van der Waals surface area contributed by atoms with E-state index in [0.717, 1.165) is 32.7 Å². The molecule has 0 bridgehead atoms. The van der Waals surface area contributed by atoms with Gasteiger partial charge in [-0.1, -0.05) is 6.92 Å². The van der Waals surface area contributed by atoms with E-state index in [9.17, 15) is 4.79 Å². The van der Waals surface area contributed by atoms with Crippen LogP contribution < -0.4 is 4.90 Å². The number of piperazine rings is 1. The van der Waals surface area contributed by atoms with Gasteiger partial charge in [0.1, 0.15) is 4.88 Å². The second-order valence-electron chi connectivity index (χ2n) is 4.28. The molecule has 18 heavy (non-hydrogen) atoms. The summed E-state index contributed by atoms with van der Waals surface area (Å²) in [5.74, 6) is -0.207. The number of carbonyl (C=O) groups is 1. The van der Waals surface area contributed by atoms with E-state index in [-0.39, 0.29) is 5.97 Å². The number of rotatable bonds is 4. The summed E-state index contributed by atoms with van der Waals surface area (Å²) in [5, 5.41) is 1.17. The molecule has 1 aromatic heterocycles. The Balaban J connectivity index is 1.96. The Hall–Kier alpha value is -1.07. The van der Waals surface area contributed by atoms with Crippen molar-refractivity contribution in [3.05, 3.63) is 17.0 Å². The van der Waals surface area contributed by atoms with E-state index >= 15 is 0 Å². The molecule has 1 aromatic rings. The lowest BCUT2D eigenvalue weighted by Gasteiger charge is -2.34. The van der Waals surface area contributed by atoms with Crippen LogP contribution in [0.3, 0.4) is 0 Å². The van der Waals surface area contributed by atoms with Crippen molar-refractivity contribution >= 4 is 22.3 Å². The molecule has 2 rings (SSSR count). The number of ether oxygens (including phenoxy) is 1. The van der Waals surface area contributed by atoms with Crippen molar-refractivity contribution in [3.8, 4) is 0 Å². The summed E-state index contributed by atoms with van der Waals surface area (Å²) in [7, 11) is 0. The Morgan fingerprint density at radius 1 is 1.28 bits per heavy atom. The largest absolute Gasteiger partial charge is 0.462 e. The van der Waals surface area contributed by atoms with Crippen LogP contribution in [-0.4, -0.2) is 50.2 Å². The summed E-state index contributed by atoms with van der Waals surface area (Å²) in [6, 6.07) is 3.89. The quantitative estimate of drug-likeness (QED) is 0.783. The predicted molar refractivity (Wildman–Crippen MR) is 74.6 cm³/mol. The molecule has 5 heteroatoms. The first-order valence-corrected chi connectivity index (χ1v) is 7.30. The second-order valence-corrected chi connectivity index (χ2v) is 5.34. The number of nitrogens with zero attached hydrogens (tertiary/aromatic N) is 2. The molecule has 0 spiro atoms. The number of anilines is 1. The van der Waals surface area contributed by atoms with Crippen molar-refractivity contribution in [2.75, 3.05) is 44.2 Å². The second kappa shape index (κ2) is 6.20. The minimum absolute atomic E-state index is 0.207. The van der Waals surface area contributed by atoms with E-state index in [1.165, 1.54) is 16.3 Å². The number of hydrogen-bond donors (Lipinski definition) is 0. The van der Waals surface area contributed by atoms with Gasteiger partial charge < -0.3 is 14.5 Å². The Morgan fingerprint density at radius 2 is 2.00 bits per heavy atom. The SMILES string of the molecule is CCOC(=O)c1ccc(N2CCN(CC)CC2)s1. The molecule has 0 N–H and O–H groups in total. The highest BCUT2D eigenvalue weighted by Crippen LogP contribution is 2.27. The van der Waals surface area contributed by atoms with E-state index in [1.807, 2.05) is 19.1 Å². The van der Waals surface area contributed by atoms with Gasteiger partial charge in [-0.3, -0.25) is 0 Å². The third kappa shape index (κ3) is 3.03. The van der Waals surface area contributed by atoms with Crippen LogP contribution in [0, 0.1) is 0 Å². The van der Waals surface area contributed by atoms with Crippen molar-refractivity contribution in [2.45, 2.75) is 13.8 Å². The first-order valence-electron chi connectivity index (χ1n) is 6.48. The van der Waals surface area contributed by atoms with Crippen molar-refractivity contribution in [1.29, 1.82) is 0 Å². The van der Waals surface area contributed by atoms with Crippen LogP contribution in [0.4, 0.5) is 5.00 Å². The molecular formula is C13H20N2O2S. The van der Waals surface area contributed by atoms with Crippen LogP contribution in [0.1, 0.15) is 23.5 Å². The highest BCUT2D eigenvalue weighted by Gasteiger charge is 2.18. The predicted octanol–water partition coefficient (Wildman–Crippen LogP) is 2.07. The molecular weight excluding hydrogens is 248 g/mol. The van der Waals surface area contributed by atoms with Crippen LogP contribution in [0.2, 0.25) is 0 Å². The van der Waals surface area contributed by atoms with Crippen LogP contribution in [0.25, 0.3) is 0 Å². The summed E-state index contributed by atoms with van der Waals surface area (Å²) >= 11 is 1.53. The minimum Gasteiger partial charge on any atom is -0.462 e.